The standard InChI is InChI=1S/C14H22N2O9/c15-5-3-1-2-4-6(16)24-14(23)10-8(12(19)20)7(11(17)18)9(25-10)13(21)22/h6-10H,1-5,15-16H2,(H,17,18)(H,19,20)(H,21,22). The Bertz CT molecular complexity index is 524. The molecule has 1 fully saturated rings. The average molecular weight is 362 g/mol. The molecule has 1 rings (SSSR count). The van der Waals surface area contributed by atoms with E-state index in [1.54, 1.807) is 0 Å². The van der Waals surface area contributed by atoms with E-state index in [1.807, 2.05) is 0 Å². The maximum Gasteiger partial charge on any atom is 0.337 e. The lowest BCUT2D eigenvalue weighted by Crippen LogP contribution is -2.41. The molecule has 0 radical (unpaired) electrons. The van der Waals surface area contributed by atoms with Crippen molar-refractivity contribution in [3.63, 3.8) is 0 Å². The normalized spacial score (nSPS) is 26.8. The highest BCUT2D eigenvalue weighted by Crippen LogP contribution is 2.34. The Morgan fingerprint density at radius 2 is 1.48 bits per heavy atom. The first-order valence-electron chi connectivity index (χ1n) is 7.70. The van der Waals surface area contributed by atoms with Crippen molar-refractivity contribution in [2.75, 3.05) is 6.54 Å². The van der Waals surface area contributed by atoms with Gasteiger partial charge >= 0.3 is 23.9 Å². The number of nitrogens with two attached hydrogens (primary N) is 2. The molecular formula is C14H22N2O9. The Labute approximate surface area is 142 Å². The zero-order chi connectivity index (χ0) is 19.1. The van der Waals surface area contributed by atoms with E-state index in [-0.39, 0.29) is 0 Å². The van der Waals surface area contributed by atoms with Gasteiger partial charge in [-0.05, 0) is 25.8 Å². The lowest BCUT2D eigenvalue weighted by molar-refractivity contribution is -0.171. The molecule has 11 nitrogen and oxygen atoms in total. The van der Waals surface area contributed by atoms with Gasteiger partial charge in [-0.15, -0.1) is 0 Å². The number of carbonyl (C=O) groups is 4. The Morgan fingerprint density at radius 1 is 0.920 bits per heavy atom. The van der Waals surface area contributed by atoms with Crippen LogP contribution < -0.4 is 11.5 Å². The molecule has 1 heterocycles. The van der Waals surface area contributed by atoms with Crippen LogP contribution in [0.15, 0.2) is 0 Å². The summed E-state index contributed by atoms with van der Waals surface area (Å²) in [5.74, 6) is -10.1. The summed E-state index contributed by atoms with van der Waals surface area (Å²) >= 11 is 0. The van der Waals surface area contributed by atoms with E-state index in [2.05, 4.69) is 0 Å². The summed E-state index contributed by atoms with van der Waals surface area (Å²) in [6, 6.07) is 0. The van der Waals surface area contributed by atoms with Gasteiger partial charge < -0.3 is 30.5 Å². The van der Waals surface area contributed by atoms with Crippen molar-refractivity contribution in [1.82, 2.24) is 0 Å². The van der Waals surface area contributed by atoms with Gasteiger partial charge in [-0.3, -0.25) is 15.3 Å². The third-order valence-electron chi connectivity index (χ3n) is 3.84. The smallest absolute Gasteiger partial charge is 0.337 e. The molecule has 5 unspecified atom stereocenters. The van der Waals surface area contributed by atoms with E-state index >= 15 is 0 Å². The number of carboxylic acid groups (broad SMARTS) is 3. The predicted molar refractivity (Wildman–Crippen MR) is 80.1 cm³/mol. The van der Waals surface area contributed by atoms with Crippen LogP contribution in [0.2, 0.25) is 0 Å². The van der Waals surface area contributed by atoms with Gasteiger partial charge in [0.05, 0.1) is 0 Å². The van der Waals surface area contributed by atoms with E-state index in [0.717, 1.165) is 12.8 Å². The molecule has 0 aromatic heterocycles. The molecule has 142 valence electrons. The summed E-state index contributed by atoms with van der Waals surface area (Å²) < 4.78 is 9.75. The number of rotatable bonds is 10. The quantitative estimate of drug-likeness (QED) is 0.174. The maximum atomic E-state index is 12.1. The Hall–Kier alpha value is -2.24. The van der Waals surface area contributed by atoms with Crippen LogP contribution in [0.4, 0.5) is 0 Å². The molecule has 0 aromatic rings. The molecule has 0 saturated carbocycles. The molecule has 1 aliphatic rings. The highest BCUT2D eigenvalue weighted by atomic mass is 16.6. The number of carboxylic acids is 3. The molecule has 0 bridgehead atoms. The molecule has 7 N–H and O–H groups in total. The van der Waals surface area contributed by atoms with Gasteiger partial charge in [-0.25, -0.2) is 9.59 Å². The minimum atomic E-state index is -1.98. The highest BCUT2D eigenvalue weighted by molar-refractivity contribution is 5.92. The zero-order valence-corrected chi connectivity index (χ0v) is 13.4. The fourth-order valence-corrected chi connectivity index (χ4v) is 2.63. The molecule has 5 atom stereocenters. The fraction of sp³-hybridized carbons (Fsp3) is 0.714. The molecule has 0 aromatic carbocycles. The maximum absolute atomic E-state index is 12.1. The van der Waals surface area contributed by atoms with E-state index in [0.29, 0.717) is 19.4 Å². The van der Waals surface area contributed by atoms with Gasteiger partial charge in [0.2, 0.25) is 0 Å². The molecule has 25 heavy (non-hydrogen) atoms. The summed E-state index contributed by atoms with van der Waals surface area (Å²) in [6.45, 7) is 0.512. The first-order chi connectivity index (χ1) is 11.7. The summed E-state index contributed by atoms with van der Waals surface area (Å²) in [5, 5.41) is 27.3. The number of hydrogen-bond donors (Lipinski definition) is 5. The van der Waals surface area contributed by atoms with Crippen LogP contribution >= 0.6 is 0 Å². The zero-order valence-electron chi connectivity index (χ0n) is 13.4. The van der Waals surface area contributed by atoms with Crippen molar-refractivity contribution >= 4 is 23.9 Å². The first-order valence-corrected chi connectivity index (χ1v) is 7.70. The lowest BCUT2D eigenvalue weighted by Gasteiger charge is -2.18. The Morgan fingerprint density at radius 3 is 1.96 bits per heavy atom. The van der Waals surface area contributed by atoms with Crippen LogP contribution in [0.1, 0.15) is 25.7 Å². The average Bonchev–Trinajstić information content (AvgIpc) is 2.92. The van der Waals surface area contributed by atoms with Crippen molar-refractivity contribution in [2.45, 2.75) is 44.1 Å². The van der Waals surface area contributed by atoms with Crippen LogP contribution in [-0.4, -0.2) is 64.2 Å². The minimum Gasteiger partial charge on any atom is -0.481 e. The van der Waals surface area contributed by atoms with E-state index < -0.39 is 54.1 Å². The molecule has 11 heteroatoms. The number of ether oxygens (including phenoxy) is 2. The second-order valence-electron chi connectivity index (χ2n) is 5.66. The second-order valence-corrected chi connectivity index (χ2v) is 5.66. The molecule has 1 aliphatic heterocycles. The predicted octanol–water partition coefficient (Wildman–Crippen LogP) is -1.41. The lowest BCUT2D eigenvalue weighted by atomic mass is 9.87. The Balaban J connectivity index is 2.80. The summed E-state index contributed by atoms with van der Waals surface area (Å²) in [4.78, 5) is 45.8. The van der Waals surface area contributed by atoms with E-state index in [9.17, 15) is 24.3 Å². The summed E-state index contributed by atoms with van der Waals surface area (Å²) in [5.41, 5.74) is 11.0. The fourth-order valence-electron chi connectivity index (χ4n) is 2.63. The molecule has 0 spiro atoms. The highest BCUT2D eigenvalue weighted by Gasteiger charge is 2.58. The van der Waals surface area contributed by atoms with E-state index in [1.165, 1.54) is 0 Å². The molecule has 1 saturated heterocycles. The monoisotopic (exact) mass is 362 g/mol. The van der Waals surface area contributed by atoms with Crippen molar-refractivity contribution < 1.29 is 44.0 Å². The molecular weight excluding hydrogens is 340 g/mol. The van der Waals surface area contributed by atoms with Crippen LogP contribution in [-0.2, 0) is 28.7 Å². The van der Waals surface area contributed by atoms with Crippen LogP contribution in [0.5, 0.6) is 0 Å². The number of hydrogen-bond acceptors (Lipinski definition) is 8. The topological polar surface area (TPSA) is 199 Å². The van der Waals surface area contributed by atoms with Crippen LogP contribution in [0.25, 0.3) is 0 Å². The number of esters is 1. The first kappa shape index (κ1) is 20.8. The third kappa shape index (κ3) is 5.37. The minimum absolute atomic E-state index is 0.293. The van der Waals surface area contributed by atoms with Crippen molar-refractivity contribution in [3.8, 4) is 0 Å². The van der Waals surface area contributed by atoms with Crippen molar-refractivity contribution in [3.05, 3.63) is 0 Å². The largest absolute Gasteiger partial charge is 0.481 e. The number of carbonyl (C=O) groups excluding carboxylic acids is 1. The van der Waals surface area contributed by atoms with Gasteiger partial charge in [0.1, 0.15) is 11.8 Å². The van der Waals surface area contributed by atoms with Crippen molar-refractivity contribution in [1.29, 1.82) is 0 Å². The van der Waals surface area contributed by atoms with Gasteiger partial charge in [0.15, 0.2) is 18.4 Å². The molecule has 0 amide bonds. The van der Waals surface area contributed by atoms with Gasteiger partial charge in [0, 0.05) is 0 Å². The number of aliphatic carboxylic acids is 3. The van der Waals surface area contributed by atoms with Gasteiger partial charge in [-0.2, -0.15) is 0 Å². The third-order valence-corrected chi connectivity index (χ3v) is 3.84. The summed E-state index contributed by atoms with van der Waals surface area (Å²) in [7, 11) is 0. The summed E-state index contributed by atoms with van der Waals surface area (Å²) in [6.07, 6.45) is -2.44. The van der Waals surface area contributed by atoms with Gasteiger partial charge in [-0.1, -0.05) is 6.42 Å². The SMILES string of the molecule is NCCCCCC(N)OC(=O)C1OC(C(=O)O)C(C(=O)O)C1C(=O)O. The Kier molecular flexibility index (Phi) is 7.74. The van der Waals surface area contributed by atoms with Gasteiger partial charge in [0.25, 0.3) is 0 Å². The molecule has 0 aliphatic carbocycles. The van der Waals surface area contributed by atoms with E-state index in [4.69, 9.17) is 31.2 Å². The van der Waals surface area contributed by atoms with Crippen LogP contribution in [0, 0.1) is 11.8 Å². The van der Waals surface area contributed by atoms with Crippen molar-refractivity contribution in [2.24, 2.45) is 23.3 Å². The van der Waals surface area contributed by atoms with Crippen LogP contribution in [0.3, 0.4) is 0 Å². The number of unbranched alkanes of at least 4 members (excludes halogenated alkanes) is 2. The second kappa shape index (κ2) is 9.30.